The van der Waals surface area contributed by atoms with Crippen molar-refractivity contribution < 1.29 is 5.11 Å². The molecule has 9 nitrogen and oxygen atoms in total. The maximum Gasteiger partial charge on any atom is 0.227 e. The SMILES string of the molecule is OCCN1CCN(c2ccc(Nc3nccc(-c4ccc5nc(N6CCCC6)ncc5c4)n3)cc2)CC1. The van der Waals surface area contributed by atoms with Gasteiger partial charge < -0.3 is 20.2 Å². The van der Waals surface area contributed by atoms with Gasteiger partial charge in [-0.25, -0.2) is 19.9 Å². The standard InChI is InChI=1S/C28H32N8O/c37-18-17-34-13-15-35(16-14-34)24-6-4-23(5-7-24)31-27-29-10-9-26(32-27)21-3-8-25-22(19-21)20-30-28(33-25)36-11-1-2-12-36/h3-10,19-20,37H,1-2,11-18H2,(H,29,31,32). The Morgan fingerprint density at radius 2 is 1.62 bits per heavy atom. The van der Waals surface area contributed by atoms with Gasteiger partial charge in [-0.1, -0.05) is 6.07 Å². The Hall–Kier alpha value is -3.82. The lowest BCUT2D eigenvalue weighted by Crippen LogP contribution is -2.47. The van der Waals surface area contributed by atoms with Crippen LogP contribution in [0.3, 0.4) is 0 Å². The van der Waals surface area contributed by atoms with E-state index in [9.17, 15) is 0 Å². The number of hydrogen-bond donors (Lipinski definition) is 2. The third-order valence-corrected chi connectivity index (χ3v) is 7.18. The van der Waals surface area contributed by atoms with Crippen molar-refractivity contribution in [1.82, 2.24) is 24.8 Å². The Bertz CT molecular complexity index is 1350. The van der Waals surface area contributed by atoms with Gasteiger partial charge >= 0.3 is 0 Å². The van der Waals surface area contributed by atoms with Gasteiger partial charge in [0.2, 0.25) is 11.9 Å². The number of aromatic nitrogens is 4. The van der Waals surface area contributed by atoms with Crippen LogP contribution in [0.5, 0.6) is 0 Å². The highest BCUT2D eigenvalue weighted by atomic mass is 16.3. The topological polar surface area (TPSA) is 93.5 Å². The summed E-state index contributed by atoms with van der Waals surface area (Å²) < 4.78 is 0. The van der Waals surface area contributed by atoms with Gasteiger partial charge in [0, 0.05) is 80.5 Å². The van der Waals surface area contributed by atoms with Crippen LogP contribution in [0.1, 0.15) is 12.8 Å². The van der Waals surface area contributed by atoms with E-state index >= 15 is 0 Å². The van der Waals surface area contributed by atoms with Crippen LogP contribution in [-0.2, 0) is 0 Å². The smallest absolute Gasteiger partial charge is 0.227 e. The fraction of sp³-hybridized carbons (Fsp3) is 0.357. The Morgan fingerprint density at radius 3 is 2.41 bits per heavy atom. The molecule has 2 saturated heterocycles. The summed E-state index contributed by atoms with van der Waals surface area (Å²) in [5.41, 5.74) is 4.95. The number of benzene rings is 2. The van der Waals surface area contributed by atoms with E-state index in [-0.39, 0.29) is 6.61 Å². The van der Waals surface area contributed by atoms with Crippen molar-refractivity contribution in [2.24, 2.45) is 0 Å². The second-order valence-electron chi connectivity index (χ2n) is 9.63. The number of rotatable bonds is 7. The van der Waals surface area contributed by atoms with E-state index in [1.165, 1.54) is 18.5 Å². The van der Waals surface area contributed by atoms with Crippen LogP contribution in [0.15, 0.2) is 60.9 Å². The molecule has 2 aliphatic rings. The normalized spacial score (nSPS) is 16.5. The second kappa shape index (κ2) is 10.7. The molecule has 4 aromatic rings. The molecule has 0 spiro atoms. The van der Waals surface area contributed by atoms with Gasteiger partial charge in [0.1, 0.15) is 0 Å². The molecule has 0 saturated carbocycles. The van der Waals surface area contributed by atoms with E-state index in [1.54, 1.807) is 6.20 Å². The molecule has 37 heavy (non-hydrogen) atoms. The summed E-state index contributed by atoms with van der Waals surface area (Å²) in [4.78, 5) is 25.5. The predicted octanol–water partition coefficient (Wildman–Crippen LogP) is 3.54. The lowest BCUT2D eigenvalue weighted by molar-refractivity contribution is 0.189. The highest BCUT2D eigenvalue weighted by Crippen LogP contribution is 2.26. The number of fused-ring (bicyclic) bond motifs is 1. The summed E-state index contributed by atoms with van der Waals surface area (Å²) in [6.07, 6.45) is 6.10. The summed E-state index contributed by atoms with van der Waals surface area (Å²) in [6.45, 7) is 6.92. The molecule has 190 valence electrons. The third kappa shape index (κ3) is 5.33. The molecular weight excluding hydrogens is 464 g/mol. The number of anilines is 4. The van der Waals surface area contributed by atoms with E-state index in [0.717, 1.165) is 79.6 Å². The zero-order valence-corrected chi connectivity index (χ0v) is 20.9. The highest BCUT2D eigenvalue weighted by molar-refractivity contribution is 5.84. The summed E-state index contributed by atoms with van der Waals surface area (Å²) in [7, 11) is 0. The highest BCUT2D eigenvalue weighted by Gasteiger charge is 2.17. The molecule has 2 aromatic carbocycles. The van der Waals surface area contributed by atoms with Crippen molar-refractivity contribution in [2.45, 2.75) is 12.8 Å². The number of piperazine rings is 1. The Labute approximate surface area is 216 Å². The Morgan fingerprint density at radius 1 is 0.811 bits per heavy atom. The molecule has 4 heterocycles. The number of β-amino-alcohol motifs (C(OH)–C–C–N with tert-alkyl or cyclic N) is 1. The van der Waals surface area contributed by atoms with Gasteiger partial charge in [0.25, 0.3) is 0 Å². The monoisotopic (exact) mass is 496 g/mol. The van der Waals surface area contributed by atoms with Crippen molar-refractivity contribution in [3.8, 4) is 11.3 Å². The average molecular weight is 497 g/mol. The lowest BCUT2D eigenvalue weighted by Gasteiger charge is -2.35. The molecule has 2 aromatic heterocycles. The molecule has 0 aliphatic carbocycles. The zero-order valence-electron chi connectivity index (χ0n) is 20.9. The molecule has 0 unspecified atom stereocenters. The van der Waals surface area contributed by atoms with Gasteiger partial charge in [-0.15, -0.1) is 0 Å². The van der Waals surface area contributed by atoms with Crippen molar-refractivity contribution in [3.05, 3.63) is 60.9 Å². The first-order valence-corrected chi connectivity index (χ1v) is 13.1. The molecule has 9 heteroatoms. The number of hydrogen-bond acceptors (Lipinski definition) is 9. The quantitative estimate of drug-likeness (QED) is 0.398. The maximum atomic E-state index is 9.14. The van der Waals surface area contributed by atoms with Gasteiger partial charge in [-0.05, 0) is 55.3 Å². The van der Waals surface area contributed by atoms with Crippen LogP contribution in [0.2, 0.25) is 0 Å². The molecule has 0 radical (unpaired) electrons. The van der Waals surface area contributed by atoms with E-state index in [0.29, 0.717) is 5.95 Å². The summed E-state index contributed by atoms with van der Waals surface area (Å²) in [6, 6.07) is 16.5. The van der Waals surface area contributed by atoms with Crippen LogP contribution in [0.4, 0.5) is 23.3 Å². The summed E-state index contributed by atoms with van der Waals surface area (Å²) >= 11 is 0. The minimum absolute atomic E-state index is 0.221. The first-order chi connectivity index (χ1) is 18.2. The number of nitrogens with one attached hydrogen (secondary N) is 1. The molecule has 6 rings (SSSR count). The molecule has 2 fully saturated rings. The first kappa shape index (κ1) is 23.6. The molecular formula is C28H32N8O. The van der Waals surface area contributed by atoms with Gasteiger partial charge in [0.05, 0.1) is 17.8 Å². The lowest BCUT2D eigenvalue weighted by atomic mass is 10.1. The maximum absolute atomic E-state index is 9.14. The van der Waals surface area contributed by atoms with Gasteiger partial charge in [0.15, 0.2) is 0 Å². The minimum atomic E-state index is 0.221. The second-order valence-corrected chi connectivity index (χ2v) is 9.63. The van der Waals surface area contributed by atoms with Crippen molar-refractivity contribution >= 4 is 34.2 Å². The van der Waals surface area contributed by atoms with Crippen LogP contribution < -0.4 is 15.1 Å². The first-order valence-electron chi connectivity index (χ1n) is 13.1. The molecule has 0 atom stereocenters. The number of nitrogens with zero attached hydrogens (tertiary/aromatic N) is 7. The van der Waals surface area contributed by atoms with E-state index < -0.39 is 0 Å². The zero-order chi connectivity index (χ0) is 25.0. The van der Waals surface area contributed by atoms with E-state index in [4.69, 9.17) is 15.1 Å². The predicted molar refractivity (Wildman–Crippen MR) is 147 cm³/mol. The van der Waals surface area contributed by atoms with E-state index in [2.05, 4.69) is 66.4 Å². The van der Waals surface area contributed by atoms with Crippen LogP contribution in [0, 0.1) is 0 Å². The summed E-state index contributed by atoms with van der Waals surface area (Å²) in [5, 5.41) is 13.5. The Kier molecular flexibility index (Phi) is 6.79. The fourth-order valence-electron chi connectivity index (χ4n) is 5.09. The third-order valence-electron chi connectivity index (χ3n) is 7.18. The van der Waals surface area contributed by atoms with Crippen LogP contribution >= 0.6 is 0 Å². The van der Waals surface area contributed by atoms with Crippen LogP contribution in [0.25, 0.3) is 22.2 Å². The minimum Gasteiger partial charge on any atom is -0.395 e. The number of aliphatic hydroxyl groups excluding tert-OH is 1. The molecule has 2 aliphatic heterocycles. The Balaban J connectivity index is 1.14. The van der Waals surface area contributed by atoms with Crippen molar-refractivity contribution in [2.75, 3.05) is 67.5 Å². The average Bonchev–Trinajstić information content (AvgIpc) is 3.49. The fourth-order valence-corrected chi connectivity index (χ4v) is 5.09. The van der Waals surface area contributed by atoms with Gasteiger partial charge in [-0.3, -0.25) is 4.90 Å². The van der Waals surface area contributed by atoms with Crippen molar-refractivity contribution in [1.29, 1.82) is 0 Å². The van der Waals surface area contributed by atoms with Crippen LogP contribution in [-0.4, -0.2) is 82.4 Å². The molecule has 0 bridgehead atoms. The number of aliphatic hydroxyl groups is 1. The van der Waals surface area contributed by atoms with Gasteiger partial charge in [-0.2, -0.15) is 0 Å². The van der Waals surface area contributed by atoms with Crippen molar-refractivity contribution in [3.63, 3.8) is 0 Å². The molecule has 0 amide bonds. The summed E-state index contributed by atoms with van der Waals surface area (Å²) in [5.74, 6) is 1.38. The molecule has 2 N–H and O–H groups in total. The largest absolute Gasteiger partial charge is 0.395 e. The van der Waals surface area contributed by atoms with E-state index in [1.807, 2.05) is 18.3 Å².